The lowest BCUT2D eigenvalue weighted by molar-refractivity contribution is -0.156. The van der Waals surface area contributed by atoms with E-state index in [0.717, 1.165) is 0 Å². The third-order valence-electron chi connectivity index (χ3n) is 1.69. The molecule has 0 spiro atoms. The smallest absolute Gasteiger partial charge is 0.286 e. The maximum atomic E-state index is 11.2. The molecule has 0 aromatic heterocycles. The number of nitrogens with one attached hydrogen (secondary N) is 1. The van der Waals surface area contributed by atoms with Gasteiger partial charge in [0.15, 0.2) is 0 Å². The number of rotatable bonds is 2. The van der Waals surface area contributed by atoms with Crippen molar-refractivity contribution in [2.75, 3.05) is 6.54 Å². The molecule has 1 rings (SSSR count). The van der Waals surface area contributed by atoms with Crippen molar-refractivity contribution in [2.45, 2.75) is 19.8 Å². The number of hydrazone groups is 1. The first-order valence-corrected chi connectivity index (χ1v) is 4.01. The third kappa shape index (κ3) is 2.25. The molecule has 6 nitrogen and oxygen atoms in total. The SMILES string of the molecule is CCN(O)C(=O)C1=NNC(=O)CC1. The van der Waals surface area contributed by atoms with Crippen LogP contribution in [0.1, 0.15) is 19.8 Å². The first-order valence-electron chi connectivity index (χ1n) is 4.01. The Morgan fingerprint density at radius 2 is 2.38 bits per heavy atom. The zero-order valence-electron chi connectivity index (χ0n) is 7.28. The summed E-state index contributed by atoms with van der Waals surface area (Å²) >= 11 is 0. The number of hydrogen-bond acceptors (Lipinski definition) is 4. The van der Waals surface area contributed by atoms with E-state index in [4.69, 9.17) is 5.21 Å². The molecule has 0 unspecified atom stereocenters. The monoisotopic (exact) mass is 185 g/mol. The quantitative estimate of drug-likeness (QED) is 0.449. The van der Waals surface area contributed by atoms with Crippen LogP contribution in [0.4, 0.5) is 0 Å². The average Bonchev–Trinajstić information content (AvgIpc) is 2.17. The number of nitrogens with zero attached hydrogens (tertiary/aromatic N) is 2. The van der Waals surface area contributed by atoms with Crippen LogP contribution in [0.2, 0.25) is 0 Å². The van der Waals surface area contributed by atoms with Crippen molar-refractivity contribution < 1.29 is 14.8 Å². The highest BCUT2D eigenvalue weighted by Crippen LogP contribution is 2.01. The molecule has 0 aromatic rings. The van der Waals surface area contributed by atoms with Crippen molar-refractivity contribution in [3.05, 3.63) is 0 Å². The highest BCUT2D eigenvalue weighted by molar-refractivity contribution is 6.39. The van der Waals surface area contributed by atoms with Gasteiger partial charge in [0.25, 0.3) is 5.91 Å². The van der Waals surface area contributed by atoms with Gasteiger partial charge in [-0.05, 0) is 6.92 Å². The zero-order valence-corrected chi connectivity index (χ0v) is 7.28. The number of amides is 2. The van der Waals surface area contributed by atoms with Crippen LogP contribution >= 0.6 is 0 Å². The summed E-state index contributed by atoms with van der Waals surface area (Å²) < 4.78 is 0. The van der Waals surface area contributed by atoms with Gasteiger partial charge in [-0.1, -0.05) is 0 Å². The molecule has 0 aliphatic carbocycles. The Morgan fingerprint density at radius 1 is 1.69 bits per heavy atom. The molecular weight excluding hydrogens is 174 g/mol. The van der Waals surface area contributed by atoms with E-state index in [1.807, 2.05) is 0 Å². The molecular formula is C7H11N3O3. The van der Waals surface area contributed by atoms with Crippen LogP contribution in [-0.4, -0.2) is 34.3 Å². The lowest BCUT2D eigenvalue weighted by Gasteiger charge is -2.15. The van der Waals surface area contributed by atoms with Gasteiger partial charge in [-0.25, -0.2) is 10.5 Å². The van der Waals surface area contributed by atoms with E-state index in [-0.39, 0.29) is 31.0 Å². The lowest BCUT2D eigenvalue weighted by Crippen LogP contribution is -2.38. The summed E-state index contributed by atoms with van der Waals surface area (Å²) in [6.45, 7) is 1.84. The molecule has 2 N–H and O–H groups in total. The second-order valence-corrected chi connectivity index (χ2v) is 2.61. The Morgan fingerprint density at radius 3 is 2.85 bits per heavy atom. The van der Waals surface area contributed by atoms with E-state index in [9.17, 15) is 9.59 Å². The molecule has 1 heterocycles. The van der Waals surface area contributed by atoms with Crippen LogP contribution in [-0.2, 0) is 9.59 Å². The van der Waals surface area contributed by atoms with Crippen molar-refractivity contribution in [1.29, 1.82) is 0 Å². The van der Waals surface area contributed by atoms with Crippen LogP contribution in [0, 0.1) is 0 Å². The van der Waals surface area contributed by atoms with Crippen molar-refractivity contribution >= 4 is 17.5 Å². The molecule has 1 aliphatic rings. The van der Waals surface area contributed by atoms with Gasteiger partial charge in [0.1, 0.15) is 5.71 Å². The molecule has 13 heavy (non-hydrogen) atoms. The van der Waals surface area contributed by atoms with Crippen molar-refractivity contribution in [1.82, 2.24) is 10.5 Å². The fourth-order valence-corrected chi connectivity index (χ4v) is 0.921. The highest BCUT2D eigenvalue weighted by Gasteiger charge is 2.21. The van der Waals surface area contributed by atoms with Gasteiger partial charge >= 0.3 is 0 Å². The number of carbonyl (C=O) groups is 2. The molecule has 0 atom stereocenters. The normalized spacial score (nSPS) is 16.2. The molecule has 0 bridgehead atoms. The minimum Gasteiger partial charge on any atom is -0.286 e. The summed E-state index contributed by atoms with van der Waals surface area (Å²) in [5, 5.41) is 13.1. The summed E-state index contributed by atoms with van der Waals surface area (Å²) in [7, 11) is 0. The number of hydrogen-bond donors (Lipinski definition) is 2. The van der Waals surface area contributed by atoms with Gasteiger partial charge in [0.2, 0.25) is 5.91 Å². The van der Waals surface area contributed by atoms with Gasteiger partial charge in [-0.15, -0.1) is 0 Å². The Hall–Kier alpha value is -1.43. The van der Waals surface area contributed by atoms with Crippen LogP contribution < -0.4 is 5.43 Å². The summed E-state index contributed by atoms with van der Waals surface area (Å²) in [5.74, 6) is -0.764. The Labute approximate surface area is 75.2 Å². The highest BCUT2D eigenvalue weighted by atomic mass is 16.5. The maximum absolute atomic E-state index is 11.2. The standard InChI is InChI=1S/C7H11N3O3/c1-2-10(13)7(12)5-3-4-6(11)9-8-5/h13H,2-4H2,1H3,(H,9,11). The van der Waals surface area contributed by atoms with E-state index in [2.05, 4.69) is 10.5 Å². The first kappa shape index (κ1) is 9.66. The van der Waals surface area contributed by atoms with Crippen LogP contribution in [0.5, 0.6) is 0 Å². The van der Waals surface area contributed by atoms with Crippen LogP contribution in [0.15, 0.2) is 5.10 Å². The predicted octanol–water partition coefficient (Wildman–Crippen LogP) is -0.510. The summed E-state index contributed by atoms with van der Waals surface area (Å²) in [6, 6.07) is 0. The molecule has 1 aliphatic heterocycles. The largest absolute Gasteiger partial charge is 0.293 e. The van der Waals surface area contributed by atoms with Gasteiger partial charge in [0.05, 0.1) is 0 Å². The summed E-state index contributed by atoms with van der Waals surface area (Å²) in [4.78, 5) is 21.9. The van der Waals surface area contributed by atoms with E-state index in [1.54, 1.807) is 6.92 Å². The molecule has 0 aromatic carbocycles. The maximum Gasteiger partial charge on any atom is 0.293 e. The lowest BCUT2D eigenvalue weighted by atomic mass is 10.1. The van der Waals surface area contributed by atoms with Gasteiger partial charge < -0.3 is 0 Å². The second kappa shape index (κ2) is 3.99. The van der Waals surface area contributed by atoms with Gasteiger partial charge in [0, 0.05) is 19.4 Å². The average molecular weight is 185 g/mol. The first-order chi connectivity index (χ1) is 6.15. The van der Waals surface area contributed by atoms with Crippen LogP contribution in [0.3, 0.4) is 0 Å². The van der Waals surface area contributed by atoms with Gasteiger partial charge in [-0.2, -0.15) is 5.10 Å². The van der Waals surface area contributed by atoms with Crippen molar-refractivity contribution in [3.63, 3.8) is 0 Å². The number of carbonyl (C=O) groups excluding carboxylic acids is 2. The molecule has 0 saturated carbocycles. The Bertz CT molecular complexity index is 262. The molecule has 72 valence electrons. The van der Waals surface area contributed by atoms with E-state index in [0.29, 0.717) is 5.06 Å². The Kier molecular flexibility index (Phi) is 2.97. The summed E-state index contributed by atoms with van der Waals surface area (Å²) in [6.07, 6.45) is 0.518. The van der Waals surface area contributed by atoms with Gasteiger partial charge in [-0.3, -0.25) is 14.8 Å². The van der Waals surface area contributed by atoms with Crippen molar-refractivity contribution in [3.8, 4) is 0 Å². The second-order valence-electron chi connectivity index (χ2n) is 2.61. The minimum absolute atomic E-state index is 0.184. The molecule has 2 amide bonds. The fraction of sp³-hybridized carbons (Fsp3) is 0.571. The van der Waals surface area contributed by atoms with Crippen LogP contribution in [0.25, 0.3) is 0 Å². The molecule has 0 radical (unpaired) electrons. The topological polar surface area (TPSA) is 82.0 Å². The summed E-state index contributed by atoms with van der Waals surface area (Å²) in [5.41, 5.74) is 2.37. The third-order valence-corrected chi connectivity index (χ3v) is 1.69. The molecule has 0 saturated heterocycles. The van der Waals surface area contributed by atoms with E-state index >= 15 is 0 Å². The minimum atomic E-state index is -0.553. The number of hydroxylamine groups is 2. The van der Waals surface area contributed by atoms with Crippen molar-refractivity contribution in [2.24, 2.45) is 5.10 Å². The zero-order chi connectivity index (χ0) is 9.84. The van der Waals surface area contributed by atoms with E-state index < -0.39 is 5.91 Å². The predicted molar refractivity (Wildman–Crippen MR) is 44.0 cm³/mol. The molecule has 0 fully saturated rings. The van der Waals surface area contributed by atoms with E-state index in [1.165, 1.54) is 0 Å². The fourth-order valence-electron chi connectivity index (χ4n) is 0.921. The molecule has 6 heteroatoms. The Balaban J connectivity index is 2.62.